The molecule has 0 aliphatic heterocycles. The quantitative estimate of drug-likeness (QED) is 0.843. The van der Waals surface area contributed by atoms with Gasteiger partial charge in [-0.15, -0.1) is 11.3 Å². The van der Waals surface area contributed by atoms with Gasteiger partial charge in [-0.25, -0.2) is 9.97 Å². The summed E-state index contributed by atoms with van der Waals surface area (Å²) in [6.45, 7) is 4.16. The summed E-state index contributed by atoms with van der Waals surface area (Å²) in [7, 11) is 0. The van der Waals surface area contributed by atoms with E-state index in [0.29, 0.717) is 17.6 Å². The first-order valence-corrected chi connectivity index (χ1v) is 5.58. The molecule has 0 saturated carbocycles. The molecular formula is C10H12N4S. The second kappa shape index (κ2) is 3.94. The molecule has 15 heavy (non-hydrogen) atoms. The van der Waals surface area contributed by atoms with Crippen LogP contribution in [0, 0.1) is 0 Å². The number of nitrogens with zero attached hydrogens (tertiary/aromatic N) is 3. The fourth-order valence-corrected chi connectivity index (χ4v) is 1.77. The predicted molar refractivity (Wildman–Crippen MR) is 61.6 cm³/mol. The van der Waals surface area contributed by atoms with E-state index in [1.165, 1.54) is 11.3 Å². The summed E-state index contributed by atoms with van der Waals surface area (Å²) < 4.78 is 0. The second-order valence-electron chi connectivity index (χ2n) is 3.56. The second-order valence-corrected chi connectivity index (χ2v) is 4.45. The fraction of sp³-hybridized carbons (Fsp3) is 0.300. The van der Waals surface area contributed by atoms with Gasteiger partial charge >= 0.3 is 0 Å². The molecule has 2 heterocycles. The number of nitrogens with two attached hydrogens (primary N) is 1. The van der Waals surface area contributed by atoms with E-state index in [4.69, 9.17) is 5.73 Å². The standard InChI is InChI=1S/C10H12N4S/c1-6(2)7-3-9(11)14-10(13-7)8-4-12-5-15-8/h3-6H,1-2H3,(H2,11,13,14). The molecule has 2 N–H and O–H groups in total. The van der Waals surface area contributed by atoms with Gasteiger partial charge in [0.15, 0.2) is 5.82 Å². The van der Waals surface area contributed by atoms with Gasteiger partial charge in [-0.05, 0) is 5.92 Å². The van der Waals surface area contributed by atoms with Gasteiger partial charge in [0.1, 0.15) is 5.82 Å². The molecule has 5 heteroatoms. The van der Waals surface area contributed by atoms with Crippen LogP contribution in [0.25, 0.3) is 10.7 Å². The lowest BCUT2D eigenvalue weighted by atomic mass is 10.1. The van der Waals surface area contributed by atoms with Crippen molar-refractivity contribution in [2.45, 2.75) is 19.8 Å². The van der Waals surface area contributed by atoms with Crippen molar-refractivity contribution in [2.24, 2.45) is 0 Å². The maximum absolute atomic E-state index is 5.74. The van der Waals surface area contributed by atoms with Crippen LogP contribution in [-0.2, 0) is 0 Å². The Morgan fingerprint density at radius 3 is 2.73 bits per heavy atom. The largest absolute Gasteiger partial charge is 0.384 e. The van der Waals surface area contributed by atoms with E-state index in [9.17, 15) is 0 Å². The van der Waals surface area contributed by atoms with Crippen molar-refractivity contribution in [2.75, 3.05) is 5.73 Å². The first kappa shape index (κ1) is 10.0. The lowest BCUT2D eigenvalue weighted by molar-refractivity contribution is 0.818. The van der Waals surface area contributed by atoms with E-state index in [0.717, 1.165) is 10.6 Å². The maximum Gasteiger partial charge on any atom is 0.173 e. The maximum atomic E-state index is 5.74. The highest BCUT2D eigenvalue weighted by molar-refractivity contribution is 7.13. The van der Waals surface area contributed by atoms with Crippen LogP contribution in [0.3, 0.4) is 0 Å². The number of hydrogen-bond acceptors (Lipinski definition) is 5. The highest BCUT2D eigenvalue weighted by Crippen LogP contribution is 2.22. The zero-order chi connectivity index (χ0) is 10.8. The van der Waals surface area contributed by atoms with Crippen LogP contribution in [0.2, 0.25) is 0 Å². The van der Waals surface area contributed by atoms with E-state index in [1.54, 1.807) is 11.7 Å². The van der Waals surface area contributed by atoms with Crippen LogP contribution in [0.15, 0.2) is 17.8 Å². The minimum Gasteiger partial charge on any atom is -0.384 e. The van der Waals surface area contributed by atoms with E-state index >= 15 is 0 Å². The number of hydrogen-bond donors (Lipinski definition) is 1. The molecule has 0 aliphatic carbocycles. The summed E-state index contributed by atoms with van der Waals surface area (Å²) in [5, 5.41) is 0. The minimum atomic E-state index is 0.349. The van der Waals surface area contributed by atoms with Crippen molar-refractivity contribution in [1.29, 1.82) is 0 Å². The predicted octanol–water partition coefficient (Wildman–Crippen LogP) is 2.31. The molecule has 0 spiro atoms. The Morgan fingerprint density at radius 1 is 1.33 bits per heavy atom. The van der Waals surface area contributed by atoms with Crippen LogP contribution in [0.5, 0.6) is 0 Å². The van der Waals surface area contributed by atoms with E-state index in [-0.39, 0.29) is 0 Å². The van der Waals surface area contributed by atoms with Gasteiger partial charge in [0.05, 0.1) is 10.4 Å². The average molecular weight is 220 g/mol. The molecule has 2 aromatic rings. The topological polar surface area (TPSA) is 64.7 Å². The van der Waals surface area contributed by atoms with Crippen molar-refractivity contribution in [3.8, 4) is 10.7 Å². The molecular weight excluding hydrogens is 208 g/mol. The first-order valence-electron chi connectivity index (χ1n) is 4.70. The van der Waals surface area contributed by atoms with Crippen molar-refractivity contribution >= 4 is 17.2 Å². The molecule has 78 valence electrons. The van der Waals surface area contributed by atoms with Crippen LogP contribution < -0.4 is 5.73 Å². The van der Waals surface area contributed by atoms with Gasteiger partial charge in [0.25, 0.3) is 0 Å². The molecule has 0 aromatic carbocycles. The zero-order valence-electron chi connectivity index (χ0n) is 8.64. The van der Waals surface area contributed by atoms with Crippen LogP contribution >= 0.6 is 11.3 Å². The number of rotatable bonds is 2. The van der Waals surface area contributed by atoms with Crippen LogP contribution in [-0.4, -0.2) is 15.0 Å². The molecule has 0 atom stereocenters. The third kappa shape index (κ3) is 2.12. The average Bonchev–Trinajstić information content (AvgIpc) is 2.69. The normalized spacial score (nSPS) is 10.9. The third-order valence-corrected chi connectivity index (χ3v) is 2.78. The number of aromatic nitrogens is 3. The van der Waals surface area contributed by atoms with Gasteiger partial charge in [-0.1, -0.05) is 13.8 Å². The Morgan fingerprint density at radius 2 is 2.13 bits per heavy atom. The molecule has 0 unspecified atom stereocenters. The summed E-state index contributed by atoms with van der Waals surface area (Å²) in [5.41, 5.74) is 8.46. The molecule has 0 radical (unpaired) electrons. The lowest BCUT2D eigenvalue weighted by Gasteiger charge is -2.06. The molecule has 2 rings (SSSR count). The molecule has 0 amide bonds. The molecule has 0 saturated heterocycles. The Kier molecular flexibility index (Phi) is 2.64. The number of thiazole rings is 1. The molecule has 4 nitrogen and oxygen atoms in total. The highest BCUT2D eigenvalue weighted by atomic mass is 32.1. The van der Waals surface area contributed by atoms with Gasteiger partial charge in [-0.2, -0.15) is 0 Å². The summed E-state index contributed by atoms with van der Waals surface area (Å²) in [4.78, 5) is 13.6. The van der Waals surface area contributed by atoms with E-state index in [2.05, 4.69) is 28.8 Å². The summed E-state index contributed by atoms with van der Waals surface area (Å²) in [6.07, 6.45) is 1.75. The minimum absolute atomic E-state index is 0.349. The zero-order valence-corrected chi connectivity index (χ0v) is 9.45. The SMILES string of the molecule is CC(C)c1cc(N)nc(-c2cncs2)n1. The summed E-state index contributed by atoms with van der Waals surface area (Å²) in [5.74, 6) is 1.53. The van der Waals surface area contributed by atoms with E-state index in [1.807, 2.05) is 6.07 Å². The molecule has 0 aliphatic rings. The molecule has 2 aromatic heterocycles. The highest BCUT2D eigenvalue weighted by Gasteiger charge is 2.08. The Balaban J connectivity index is 2.49. The fourth-order valence-electron chi connectivity index (χ4n) is 1.22. The van der Waals surface area contributed by atoms with Crippen molar-refractivity contribution in [3.63, 3.8) is 0 Å². The first-order chi connectivity index (χ1) is 7.16. The number of nitrogen functional groups attached to an aromatic ring is 1. The smallest absolute Gasteiger partial charge is 0.173 e. The Bertz CT molecular complexity index is 450. The Labute approximate surface area is 92.2 Å². The summed E-state index contributed by atoms with van der Waals surface area (Å²) in [6, 6.07) is 1.81. The van der Waals surface area contributed by atoms with Gasteiger partial charge in [0.2, 0.25) is 0 Å². The lowest BCUT2D eigenvalue weighted by Crippen LogP contribution is -2.00. The van der Waals surface area contributed by atoms with Crippen molar-refractivity contribution in [3.05, 3.63) is 23.5 Å². The van der Waals surface area contributed by atoms with E-state index < -0.39 is 0 Å². The number of anilines is 1. The molecule has 0 bridgehead atoms. The Hall–Kier alpha value is -1.49. The monoisotopic (exact) mass is 220 g/mol. The molecule has 0 fully saturated rings. The van der Waals surface area contributed by atoms with Gasteiger partial charge in [-0.3, -0.25) is 4.98 Å². The summed E-state index contributed by atoms with van der Waals surface area (Å²) >= 11 is 1.51. The van der Waals surface area contributed by atoms with Crippen molar-refractivity contribution in [1.82, 2.24) is 15.0 Å². The van der Waals surface area contributed by atoms with Crippen molar-refractivity contribution < 1.29 is 0 Å². The van der Waals surface area contributed by atoms with Crippen LogP contribution in [0.1, 0.15) is 25.5 Å². The van der Waals surface area contributed by atoms with Crippen LogP contribution in [0.4, 0.5) is 5.82 Å². The third-order valence-electron chi connectivity index (χ3n) is 2.01. The van der Waals surface area contributed by atoms with Gasteiger partial charge in [0, 0.05) is 18.0 Å². The van der Waals surface area contributed by atoms with Gasteiger partial charge < -0.3 is 5.73 Å².